The first-order valence-corrected chi connectivity index (χ1v) is 12.2. The van der Waals surface area contributed by atoms with Crippen molar-refractivity contribution in [3.63, 3.8) is 0 Å². The molecule has 2 aliphatic rings. The highest BCUT2D eigenvalue weighted by atomic mass is 16.5. The van der Waals surface area contributed by atoms with Crippen LogP contribution in [0.15, 0.2) is 48.0 Å². The number of fused-ring (bicyclic) bond motifs is 1. The Kier molecular flexibility index (Phi) is 7.76. The Labute approximate surface area is 206 Å². The standard InChI is InChI=1S/C28H33NO6/c1-4-5-14-34-22-9-6-8-19(17-22)25-24(27(31)28(32)29(25)12-7-13-33-3)26(30)20-10-11-23-21(16-20)15-18(2)35-23/h6,8-11,16-18,25,30H,4-5,7,12-15H2,1-3H3/b26-24-. The van der Waals surface area contributed by atoms with Gasteiger partial charge in [-0.2, -0.15) is 0 Å². The lowest BCUT2D eigenvalue weighted by atomic mass is 9.94. The van der Waals surface area contributed by atoms with E-state index in [-0.39, 0.29) is 17.4 Å². The van der Waals surface area contributed by atoms with Crippen molar-refractivity contribution in [1.29, 1.82) is 0 Å². The average Bonchev–Trinajstić information content (AvgIpc) is 3.35. The summed E-state index contributed by atoms with van der Waals surface area (Å²) in [6.45, 7) is 5.46. The van der Waals surface area contributed by atoms with Gasteiger partial charge in [-0.15, -0.1) is 0 Å². The molecule has 2 aromatic carbocycles. The first-order valence-electron chi connectivity index (χ1n) is 12.2. The van der Waals surface area contributed by atoms with Gasteiger partial charge in [-0.1, -0.05) is 25.5 Å². The minimum atomic E-state index is -0.718. The molecule has 0 aromatic heterocycles. The van der Waals surface area contributed by atoms with Gasteiger partial charge >= 0.3 is 0 Å². The van der Waals surface area contributed by atoms with E-state index >= 15 is 0 Å². The van der Waals surface area contributed by atoms with Crippen LogP contribution in [0, 0.1) is 0 Å². The number of unbranched alkanes of at least 4 members (excludes halogenated alkanes) is 1. The molecule has 0 radical (unpaired) electrons. The van der Waals surface area contributed by atoms with Crippen LogP contribution in [0.1, 0.15) is 55.8 Å². The van der Waals surface area contributed by atoms with E-state index < -0.39 is 17.7 Å². The molecule has 7 heteroatoms. The van der Waals surface area contributed by atoms with Crippen LogP contribution in [0.2, 0.25) is 0 Å². The number of carbonyl (C=O) groups is 2. The smallest absolute Gasteiger partial charge is 0.295 e. The van der Waals surface area contributed by atoms with Crippen LogP contribution in [0.4, 0.5) is 0 Å². The number of likely N-dealkylation sites (tertiary alicyclic amines) is 1. The molecule has 186 valence electrons. The number of ether oxygens (including phenoxy) is 3. The number of nitrogens with zero attached hydrogens (tertiary/aromatic N) is 1. The Morgan fingerprint density at radius 2 is 1.97 bits per heavy atom. The molecule has 7 nitrogen and oxygen atoms in total. The van der Waals surface area contributed by atoms with Crippen LogP contribution in [0.25, 0.3) is 5.76 Å². The predicted molar refractivity (Wildman–Crippen MR) is 133 cm³/mol. The maximum atomic E-state index is 13.2. The van der Waals surface area contributed by atoms with Gasteiger partial charge in [-0.3, -0.25) is 9.59 Å². The molecule has 2 aromatic rings. The minimum absolute atomic E-state index is 0.0595. The van der Waals surface area contributed by atoms with E-state index in [9.17, 15) is 14.7 Å². The molecule has 2 heterocycles. The molecule has 2 aliphatic heterocycles. The normalized spacial score (nSPS) is 20.7. The molecule has 0 aliphatic carbocycles. The third kappa shape index (κ3) is 5.20. The number of aliphatic hydroxyl groups is 1. The number of benzene rings is 2. The van der Waals surface area contributed by atoms with Gasteiger partial charge in [-0.25, -0.2) is 0 Å². The number of methoxy groups -OCH3 is 1. The van der Waals surface area contributed by atoms with E-state index in [1.54, 1.807) is 19.2 Å². The van der Waals surface area contributed by atoms with Crippen molar-refractivity contribution in [3.8, 4) is 11.5 Å². The van der Waals surface area contributed by atoms with Gasteiger partial charge in [0.15, 0.2) is 0 Å². The summed E-state index contributed by atoms with van der Waals surface area (Å²) in [6.07, 6.45) is 3.30. The van der Waals surface area contributed by atoms with Gasteiger partial charge in [0.05, 0.1) is 18.2 Å². The molecule has 1 fully saturated rings. The molecular weight excluding hydrogens is 446 g/mol. The monoisotopic (exact) mass is 479 g/mol. The number of hydrogen-bond acceptors (Lipinski definition) is 6. The lowest BCUT2D eigenvalue weighted by Crippen LogP contribution is -2.31. The van der Waals surface area contributed by atoms with E-state index in [0.29, 0.717) is 37.5 Å². The van der Waals surface area contributed by atoms with E-state index in [1.807, 2.05) is 37.3 Å². The largest absolute Gasteiger partial charge is 0.507 e. The van der Waals surface area contributed by atoms with Crippen LogP contribution in [0.5, 0.6) is 11.5 Å². The number of Topliss-reactive ketones (excluding diaryl/α,β-unsaturated/α-hetero) is 1. The summed E-state index contributed by atoms with van der Waals surface area (Å²) < 4.78 is 16.8. The van der Waals surface area contributed by atoms with Gasteiger partial charge in [0.2, 0.25) is 0 Å². The number of ketones is 1. The fraction of sp³-hybridized carbons (Fsp3) is 0.429. The quantitative estimate of drug-likeness (QED) is 0.231. The van der Waals surface area contributed by atoms with Crippen molar-refractivity contribution >= 4 is 17.4 Å². The van der Waals surface area contributed by atoms with E-state index in [2.05, 4.69) is 6.92 Å². The highest BCUT2D eigenvalue weighted by Crippen LogP contribution is 2.41. The number of amides is 1. The third-order valence-corrected chi connectivity index (χ3v) is 6.40. The zero-order valence-corrected chi connectivity index (χ0v) is 20.6. The maximum Gasteiger partial charge on any atom is 0.295 e. The third-order valence-electron chi connectivity index (χ3n) is 6.40. The zero-order valence-electron chi connectivity index (χ0n) is 20.6. The van der Waals surface area contributed by atoms with Crippen molar-refractivity contribution in [2.24, 2.45) is 0 Å². The molecule has 0 bridgehead atoms. The van der Waals surface area contributed by atoms with Gasteiger partial charge < -0.3 is 24.2 Å². The lowest BCUT2D eigenvalue weighted by molar-refractivity contribution is -0.140. The zero-order chi connectivity index (χ0) is 24.9. The van der Waals surface area contributed by atoms with Crippen molar-refractivity contribution in [3.05, 3.63) is 64.7 Å². The van der Waals surface area contributed by atoms with Gasteiger partial charge in [-0.05, 0) is 61.2 Å². The molecule has 2 atom stereocenters. The summed E-state index contributed by atoms with van der Waals surface area (Å²) in [6, 6.07) is 12.1. The molecule has 0 spiro atoms. The lowest BCUT2D eigenvalue weighted by Gasteiger charge is -2.25. The highest BCUT2D eigenvalue weighted by molar-refractivity contribution is 6.46. The molecule has 2 unspecified atom stereocenters. The molecule has 1 N–H and O–H groups in total. The molecule has 4 rings (SSSR count). The van der Waals surface area contributed by atoms with Gasteiger partial charge in [0.25, 0.3) is 11.7 Å². The number of hydrogen-bond donors (Lipinski definition) is 1. The van der Waals surface area contributed by atoms with Gasteiger partial charge in [0.1, 0.15) is 23.4 Å². The predicted octanol–water partition coefficient (Wildman–Crippen LogP) is 4.65. The van der Waals surface area contributed by atoms with Crippen molar-refractivity contribution in [2.75, 3.05) is 26.9 Å². The summed E-state index contributed by atoms with van der Waals surface area (Å²) in [5, 5.41) is 11.4. The summed E-state index contributed by atoms with van der Waals surface area (Å²) in [5.74, 6) is -0.0395. The topological polar surface area (TPSA) is 85.3 Å². The Morgan fingerprint density at radius 3 is 2.74 bits per heavy atom. The number of rotatable bonds is 10. The molecular formula is C28H33NO6. The minimum Gasteiger partial charge on any atom is -0.507 e. The van der Waals surface area contributed by atoms with Crippen molar-refractivity contribution in [1.82, 2.24) is 4.90 Å². The second kappa shape index (κ2) is 11.0. The van der Waals surface area contributed by atoms with Gasteiger partial charge in [0, 0.05) is 32.2 Å². The van der Waals surface area contributed by atoms with Crippen LogP contribution >= 0.6 is 0 Å². The Bertz CT molecular complexity index is 1120. The van der Waals surface area contributed by atoms with Crippen LogP contribution in [-0.2, 0) is 20.7 Å². The first-order chi connectivity index (χ1) is 16.9. The van der Waals surface area contributed by atoms with E-state index in [4.69, 9.17) is 14.2 Å². The summed E-state index contributed by atoms with van der Waals surface area (Å²) in [4.78, 5) is 27.9. The summed E-state index contributed by atoms with van der Waals surface area (Å²) in [7, 11) is 1.60. The Hall–Kier alpha value is -3.32. The SMILES string of the molecule is CCCCOc1cccc(C2/C(=C(/O)c3ccc4c(c3)CC(C)O4)C(=O)C(=O)N2CCCOC)c1. The average molecular weight is 480 g/mol. The van der Waals surface area contributed by atoms with Crippen molar-refractivity contribution in [2.45, 2.75) is 51.7 Å². The Balaban J connectivity index is 1.76. The highest BCUT2D eigenvalue weighted by Gasteiger charge is 2.46. The molecule has 0 saturated carbocycles. The summed E-state index contributed by atoms with van der Waals surface area (Å²) in [5.41, 5.74) is 2.27. The molecule has 1 saturated heterocycles. The first kappa shape index (κ1) is 24.8. The number of aliphatic hydroxyl groups excluding tert-OH is 1. The fourth-order valence-corrected chi connectivity index (χ4v) is 4.67. The second-order valence-corrected chi connectivity index (χ2v) is 9.07. The maximum absolute atomic E-state index is 13.2. The fourth-order valence-electron chi connectivity index (χ4n) is 4.67. The Morgan fingerprint density at radius 1 is 1.14 bits per heavy atom. The summed E-state index contributed by atoms with van der Waals surface area (Å²) >= 11 is 0. The van der Waals surface area contributed by atoms with E-state index in [1.165, 1.54) is 4.90 Å². The van der Waals surface area contributed by atoms with E-state index in [0.717, 1.165) is 36.1 Å². The number of carbonyl (C=O) groups excluding carboxylic acids is 2. The van der Waals surface area contributed by atoms with Crippen LogP contribution in [-0.4, -0.2) is 54.7 Å². The molecule has 35 heavy (non-hydrogen) atoms. The second-order valence-electron chi connectivity index (χ2n) is 9.07. The van der Waals surface area contributed by atoms with Crippen LogP contribution in [0.3, 0.4) is 0 Å². The van der Waals surface area contributed by atoms with Crippen LogP contribution < -0.4 is 9.47 Å². The molecule has 1 amide bonds. The van der Waals surface area contributed by atoms with Crippen molar-refractivity contribution < 1.29 is 28.9 Å².